The van der Waals surface area contributed by atoms with Crippen LogP contribution in [0.15, 0.2) is 30.5 Å². The van der Waals surface area contributed by atoms with Gasteiger partial charge < -0.3 is 14.7 Å². The predicted molar refractivity (Wildman–Crippen MR) is 99.4 cm³/mol. The molecule has 1 amide bonds. The second kappa shape index (κ2) is 8.06. The van der Waals surface area contributed by atoms with Gasteiger partial charge in [-0.15, -0.1) is 0 Å². The third-order valence-electron chi connectivity index (χ3n) is 5.26. The molecule has 6 nitrogen and oxygen atoms in total. The van der Waals surface area contributed by atoms with E-state index in [1.54, 1.807) is 0 Å². The lowest BCUT2D eigenvalue weighted by Gasteiger charge is -2.38. The molecule has 0 saturated carbocycles. The van der Waals surface area contributed by atoms with Crippen molar-refractivity contribution in [2.75, 3.05) is 19.7 Å². The number of likely N-dealkylation sites (tertiary alicyclic amines) is 1. The molecular formula is C20H24F3N3O3. The first-order chi connectivity index (χ1) is 13.6. The maximum Gasteiger partial charge on any atom is 0.435 e. The molecule has 0 radical (unpaired) electrons. The predicted octanol–water partition coefficient (Wildman–Crippen LogP) is 2.95. The summed E-state index contributed by atoms with van der Waals surface area (Å²) in [5, 5.41) is 14.1. The molecule has 1 aliphatic rings. The van der Waals surface area contributed by atoms with E-state index in [0.29, 0.717) is 31.7 Å². The van der Waals surface area contributed by atoms with E-state index in [9.17, 15) is 23.1 Å². The van der Waals surface area contributed by atoms with E-state index in [0.717, 1.165) is 28.1 Å². The number of carbonyl (C=O) groups is 1. The first-order valence-electron chi connectivity index (χ1n) is 9.37. The molecule has 1 aliphatic heterocycles. The molecule has 2 heterocycles. The topological polar surface area (TPSA) is 67.6 Å². The first kappa shape index (κ1) is 21.2. The Hall–Kier alpha value is -2.55. The maximum absolute atomic E-state index is 12.6. The van der Waals surface area contributed by atoms with Crippen LogP contribution in [0.3, 0.4) is 0 Å². The average Bonchev–Trinajstić information content (AvgIpc) is 3.12. The van der Waals surface area contributed by atoms with Gasteiger partial charge in [0.25, 0.3) is 0 Å². The number of hydrogen-bond donors (Lipinski definition) is 1. The summed E-state index contributed by atoms with van der Waals surface area (Å²) in [7, 11) is 0. The van der Waals surface area contributed by atoms with Crippen LogP contribution in [-0.4, -0.2) is 51.0 Å². The highest BCUT2D eigenvalue weighted by molar-refractivity contribution is 5.76. The summed E-state index contributed by atoms with van der Waals surface area (Å²) in [5.41, 5.74) is 0.177. The number of alkyl halides is 3. The molecule has 158 valence electrons. The molecule has 29 heavy (non-hydrogen) atoms. The van der Waals surface area contributed by atoms with E-state index < -0.39 is 17.5 Å². The number of carbonyl (C=O) groups excluding carboxylic acids is 1. The van der Waals surface area contributed by atoms with Crippen LogP contribution in [-0.2, 0) is 17.5 Å². The third kappa shape index (κ3) is 5.29. The Balaban J connectivity index is 1.50. The molecule has 1 fully saturated rings. The number of ether oxygens (including phenoxy) is 1. The Morgan fingerprint density at radius 2 is 1.90 bits per heavy atom. The molecule has 2 aromatic rings. The van der Waals surface area contributed by atoms with Gasteiger partial charge in [0.05, 0.1) is 0 Å². The first-order valence-corrected chi connectivity index (χ1v) is 9.37. The molecule has 0 unspecified atom stereocenters. The number of aliphatic hydroxyl groups is 1. The van der Waals surface area contributed by atoms with E-state index in [-0.39, 0.29) is 19.1 Å². The molecule has 0 atom stereocenters. The largest absolute Gasteiger partial charge is 0.491 e. The lowest BCUT2D eigenvalue weighted by atomic mass is 9.92. The van der Waals surface area contributed by atoms with Crippen LogP contribution in [0.1, 0.15) is 29.7 Å². The third-order valence-corrected chi connectivity index (χ3v) is 5.26. The summed E-state index contributed by atoms with van der Waals surface area (Å²) in [6.07, 6.45) is -2.74. The van der Waals surface area contributed by atoms with Crippen molar-refractivity contribution >= 4 is 5.91 Å². The number of nitrogens with zero attached hydrogens (tertiary/aromatic N) is 3. The number of aryl methyl sites for hydroxylation is 2. The highest BCUT2D eigenvalue weighted by Gasteiger charge is 2.36. The van der Waals surface area contributed by atoms with Crippen LogP contribution in [0.5, 0.6) is 5.75 Å². The van der Waals surface area contributed by atoms with Crippen LogP contribution in [0, 0.1) is 13.8 Å². The monoisotopic (exact) mass is 411 g/mol. The molecule has 0 spiro atoms. The van der Waals surface area contributed by atoms with Gasteiger partial charge in [0.15, 0.2) is 5.69 Å². The average molecular weight is 411 g/mol. The number of rotatable bonds is 5. The fourth-order valence-corrected chi connectivity index (χ4v) is 3.18. The number of amides is 1. The van der Waals surface area contributed by atoms with Gasteiger partial charge in [-0.05, 0) is 56.0 Å². The van der Waals surface area contributed by atoms with Gasteiger partial charge in [-0.3, -0.25) is 9.48 Å². The van der Waals surface area contributed by atoms with Crippen LogP contribution in [0.4, 0.5) is 13.2 Å². The van der Waals surface area contributed by atoms with Crippen molar-refractivity contribution in [3.8, 4) is 5.75 Å². The fraction of sp³-hybridized carbons (Fsp3) is 0.500. The minimum absolute atomic E-state index is 0.117. The van der Waals surface area contributed by atoms with Crippen LogP contribution in [0.2, 0.25) is 0 Å². The van der Waals surface area contributed by atoms with Crippen LogP contribution in [0.25, 0.3) is 0 Å². The molecule has 0 bridgehead atoms. The number of aromatic nitrogens is 2. The van der Waals surface area contributed by atoms with Crippen molar-refractivity contribution in [2.24, 2.45) is 0 Å². The van der Waals surface area contributed by atoms with Crippen LogP contribution < -0.4 is 4.74 Å². The van der Waals surface area contributed by atoms with E-state index in [1.807, 2.05) is 32.0 Å². The van der Waals surface area contributed by atoms with E-state index >= 15 is 0 Å². The van der Waals surface area contributed by atoms with Crippen molar-refractivity contribution in [1.82, 2.24) is 14.7 Å². The Bertz CT molecular complexity index is 871. The highest BCUT2D eigenvalue weighted by atomic mass is 19.4. The zero-order valence-electron chi connectivity index (χ0n) is 16.4. The van der Waals surface area contributed by atoms with Gasteiger partial charge in [-0.1, -0.05) is 6.07 Å². The second-order valence-electron chi connectivity index (χ2n) is 7.54. The van der Waals surface area contributed by atoms with E-state index in [2.05, 4.69) is 5.10 Å². The summed E-state index contributed by atoms with van der Waals surface area (Å²) < 4.78 is 44.5. The molecular weight excluding hydrogens is 387 g/mol. The normalized spacial score (nSPS) is 16.7. The van der Waals surface area contributed by atoms with Crippen LogP contribution >= 0.6 is 0 Å². The van der Waals surface area contributed by atoms with Crippen molar-refractivity contribution in [3.63, 3.8) is 0 Å². The Labute approximate surface area is 166 Å². The SMILES string of the molecule is Cc1ccc(OCC2(O)CCN(C(=O)Cn3ccc(C(F)(F)F)n3)CC2)cc1C. The summed E-state index contributed by atoms with van der Waals surface area (Å²) >= 11 is 0. The molecule has 3 rings (SSSR count). The number of halogens is 3. The molecule has 1 saturated heterocycles. The van der Waals surface area contributed by atoms with E-state index in [4.69, 9.17) is 4.74 Å². The lowest BCUT2D eigenvalue weighted by Crippen LogP contribution is -2.50. The molecule has 1 aromatic carbocycles. The fourth-order valence-electron chi connectivity index (χ4n) is 3.18. The summed E-state index contributed by atoms with van der Waals surface area (Å²) in [4.78, 5) is 13.9. The van der Waals surface area contributed by atoms with Crippen molar-refractivity contribution < 1.29 is 27.8 Å². The van der Waals surface area contributed by atoms with E-state index in [1.165, 1.54) is 4.90 Å². The van der Waals surface area contributed by atoms with Gasteiger partial charge in [0.2, 0.25) is 5.91 Å². The molecule has 9 heteroatoms. The van der Waals surface area contributed by atoms with Gasteiger partial charge >= 0.3 is 6.18 Å². The highest BCUT2D eigenvalue weighted by Crippen LogP contribution is 2.28. The summed E-state index contributed by atoms with van der Waals surface area (Å²) in [5.74, 6) is 0.345. The zero-order valence-corrected chi connectivity index (χ0v) is 16.4. The summed E-state index contributed by atoms with van der Waals surface area (Å²) in [6, 6.07) is 6.56. The zero-order chi connectivity index (χ0) is 21.2. The van der Waals surface area contributed by atoms with Gasteiger partial charge in [-0.2, -0.15) is 18.3 Å². The van der Waals surface area contributed by atoms with Gasteiger partial charge in [0.1, 0.15) is 24.5 Å². The van der Waals surface area contributed by atoms with Crippen molar-refractivity contribution in [3.05, 3.63) is 47.3 Å². The maximum atomic E-state index is 12.6. The van der Waals surface area contributed by atoms with Gasteiger partial charge in [-0.25, -0.2) is 0 Å². The number of piperidine rings is 1. The van der Waals surface area contributed by atoms with Crippen molar-refractivity contribution in [2.45, 2.75) is 45.0 Å². The minimum atomic E-state index is -4.54. The standard InChI is InChI=1S/C20H24F3N3O3/c1-14-3-4-16(11-15(14)2)29-13-19(28)6-9-25(10-7-19)18(27)12-26-8-5-17(24-26)20(21,22)23/h3-5,8,11,28H,6-7,9-10,12-13H2,1-2H3. The number of hydrogen-bond acceptors (Lipinski definition) is 4. The Kier molecular flexibility index (Phi) is 5.88. The van der Waals surface area contributed by atoms with Gasteiger partial charge in [0, 0.05) is 19.3 Å². The van der Waals surface area contributed by atoms with Crippen molar-refractivity contribution in [1.29, 1.82) is 0 Å². The lowest BCUT2D eigenvalue weighted by molar-refractivity contribution is -0.142. The number of benzene rings is 1. The quantitative estimate of drug-likeness (QED) is 0.822. The second-order valence-corrected chi connectivity index (χ2v) is 7.54. The molecule has 0 aliphatic carbocycles. The summed E-state index contributed by atoms with van der Waals surface area (Å²) in [6.45, 7) is 4.45. The Morgan fingerprint density at radius 1 is 1.21 bits per heavy atom. The minimum Gasteiger partial charge on any atom is -0.491 e. The molecule has 1 aromatic heterocycles. The molecule has 1 N–H and O–H groups in total. The smallest absolute Gasteiger partial charge is 0.435 e. The Morgan fingerprint density at radius 3 is 2.48 bits per heavy atom.